The molecule has 0 aliphatic rings. The van der Waals surface area contributed by atoms with E-state index in [4.69, 9.17) is 9.97 Å². The van der Waals surface area contributed by atoms with Crippen LogP contribution in [-0.4, -0.2) is 15.0 Å². The molecule has 8 aromatic carbocycles. The predicted octanol–water partition coefficient (Wildman–Crippen LogP) is 13.3. The molecule has 0 saturated heterocycles. The lowest BCUT2D eigenvalue weighted by Gasteiger charge is -2.13. The van der Waals surface area contributed by atoms with Crippen LogP contribution in [0, 0.1) is 0 Å². The first-order valence-electron chi connectivity index (χ1n) is 18.2. The minimum absolute atomic E-state index is 0.686. The molecule has 252 valence electrons. The lowest BCUT2D eigenvalue weighted by atomic mass is 9.92. The van der Waals surface area contributed by atoms with Crippen molar-refractivity contribution < 1.29 is 0 Å². The van der Waals surface area contributed by atoms with E-state index in [2.05, 4.69) is 187 Å². The second-order valence-corrected chi connectivity index (χ2v) is 13.7. The average Bonchev–Trinajstić information content (AvgIpc) is 3.26. The molecular weight excluding hydrogens is 655 g/mol. The van der Waals surface area contributed by atoms with E-state index in [1.165, 1.54) is 49.0 Å². The summed E-state index contributed by atoms with van der Waals surface area (Å²) < 4.78 is 0. The van der Waals surface area contributed by atoms with Gasteiger partial charge in [-0.1, -0.05) is 164 Å². The fraction of sp³-hybridized carbons (Fsp3) is 0. The van der Waals surface area contributed by atoms with Crippen LogP contribution in [0.4, 0.5) is 0 Å². The minimum atomic E-state index is 0.686. The maximum atomic E-state index is 5.24. The van der Waals surface area contributed by atoms with E-state index >= 15 is 0 Å². The van der Waals surface area contributed by atoms with Crippen LogP contribution in [0.3, 0.4) is 0 Å². The van der Waals surface area contributed by atoms with Crippen LogP contribution in [0.1, 0.15) is 0 Å². The number of rotatable bonds is 6. The van der Waals surface area contributed by atoms with Gasteiger partial charge in [-0.3, -0.25) is 4.98 Å². The van der Waals surface area contributed by atoms with Crippen molar-refractivity contribution in [2.24, 2.45) is 0 Å². The molecule has 0 aliphatic heterocycles. The Morgan fingerprint density at radius 3 is 1.61 bits per heavy atom. The van der Waals surface area contributed by atoms with E-state index in [0.717, 1.165) is 44.8 Å². The van der Waals surface area contributed by atoms with Crippen LogP contribution in [0.15, 0.2) is 200 Å². The number of nitrogens with zero attached hydrogens (tertiary/aromatic N) is 3. The van der Waals surface area contributed by atoms with Gasteiger partial charge in [0.2, 0.25) is 0 Å². The van der Waals surface area contributed by atoms with E-state index in [-0.39, 0.29) is 0 Å². The molecule has 3 nitrogen and oxygen atoms in total. The van der Waals surface area contributed by atoms with E-state index in [0.29, 0.717) is 5.82 Å². The van der Waals surface area contributed by atoms with E-state index in [1.807, 2.05) is 12.3 Å². The third-order valence-electron chi connectivity index (χ3n) is 10.4. The molecule has 0 saturated carbocycles. The Hall–Kier alpha value is -7.23. The standard InChI is InChI=1S/C51H33N3/c1-3-16-43-35(10-1)12-8-20-44(43)39-13-7-14-41(30-39)51-53-49(37-25-21-34(22-26-37)42-15-9-29-52-33-42)32-50(54-51)38-27-23-36(24-28-38)48-31-40-11-2-4-17-45(40)46-18-5-6-19-47(46)48/h1-33H. The second-order valence-electron chi connectivity index (χ2n) is 13.7. The number of hydrogen-bond donors (Lipinski definition) is 0. The first kappa shape index (κ1) is 31.5. The highest BCUT2D eigenvalue weighted by atomic mass is 14.9. The lowest BCUT2D eigenvalue weighted by Crippen LogP contribution is -1.96. The van der Waals surface area contributed by atoms with Crippen LogP contribution < -0.4 is 0 Å². The van der Waals surface area contributed by atoms with Crippen molar-refractivity contribution in [3.8, 4) is 67.3 Å². The molecule has 2 heterocycles. The van der Waals surface area contributed by atoms with Crippen LogP contribution in [0.5, 0.6) is 0 Å². The van der Waals surface area contributed by atoms with Gasteiger partial charge in [-0.15, -0.1) is 0 Å². The summed E-state index contributed by atoms with van der Waals surface area (Å²) in [6, 6.07) is 66.7. The first-order valence-corrected chi connectivity index (χ1v) is 18.2. The third kappa shape index (κ3) is 5.78. The number of benzene rings is 8. The molecule has 0 atom stereocenters. The molecule has 3 heteroatoms. The molecule has 10 aromatic rings. The number of hydrogen-bond acceptors (Lipinski definition) is 3. The Balaban J connectivity index is 1.09. The third-order valence-corrected chi connectivity index (χ3v) is 10.4. The van der Waals surface area contributed by atoms with Gasteiger partial charge in [0.1, 0.15) is 0 Å². The number of pyridine rings is 1. The SMILES string of the molecule is c1cncc(-c2ccc(-c3cc(-c4ccc(-c5cc6ccccc6c6ccccc56)cc4)nc(-c4cccc(-c5cccc6ccccc56)c4)n3)cc2)c1. The first-order chi connectivity index (χ1) is 26.7. The molecule has 0 aliphatic carbocycles. The smallest absolute Gasteiger partial charge is 0.160 e. The Morgan fingerprint density at radius 2 is 0.870 bits per heavy atom. The minimum Gasteiger partial charge on any atom is -0.264 e. The summed E-state index contributed by atoms with van der Waals surface area (Å²) in [5.41, 5.74) is 11.7. The summed E-state index contributed by atoms with van der Waals surface area (Å²) in [6.45, 7) is 0. The fourth-order valence-electron chi connectivity index (χ4n) is 7.66. The molecular formula is C51H33N3. The topological polar surface area (TPSA) is 38.7 Å². The Labute approximate surface area is 313 Å². The van der Waals surface area contributed by atoms with Gasteiger partial charge in [0, 0.05) is 29.1 Å². The van der Waals surface area contributed by atoms with E-state index < -0.39 is 0 Å². The summed E-state index contributed by atoms with van der Waals surface area (Å²) in [7, 11) is 0. The fourth-order valence-corrected chi connectivity index (χ4v) is 7.66. The summed E-state index contributed by atoms with van der Waals surface area (Å²) in [5.74, 6) is 0.686. The molecule has 0 fully saturated rings. The maximum Gasteiger partial charge on any atom is 0.160 e. The Kier molecular flexibility index (Phi) is 7.81. The molecule has 0 radical (unpaired) electrons. The molecule has 54 heavy (non-hydrogen) atoms. The summed E-state index contributed by atoms with van der Waals surface area (Å²) in [5, 5.41) is 7.46. The van der Waals surface area contributed by atoms with Crippen molar-refractivity contribution in [1.82, 2.24) is 15.0 Å². The molecule has 0 spiro atoms. The van der Waals surface area contributed by atoms with Gasteiger partial charge in [-0.2, -0.15) is 0 Å². The van der Waals surface area contributed by atoms with Crippen LogP contribution in [0.25, 0.3) is 99.6 Å². The van der Waals surface area contributed by atoms with E-state index in [1.54, 1.807) is 6.20 Å². The van der Waals surface area contributed by atoms with Crippen LogP contribution in [-0.2, 0) is 0 Å². The van der Waals surface area contributed by atoms with Gasteiger partial charge in [-0.05, 0) is 90.0 Å². The van der Waals surface area contributed by atoms with Crippen molar-refractivity contribution in [3.05, 3.63) is 200 Å². The highest BCUT2D eigenvalue weighted by Crippen LogP contribution is 2.37. The highest BCUT2D eigenvalue weighted by molar-refractivity contribution is 6.13. The van der Waals surface area contributed by atoms with Gasteiger partial charge in [0.15, 0.2) is 5.82 Å². The zero-order valence-electron chi connectivity index (χ0n) is 29.4. The van der Waals surface area contributed by atoms with Crippen molar-refractivity contribution in [2.75, 3.05) is 0 Å². The molecule has 10 rings (SSSR count). The average molecular weight is 688 g/mol. The van der Waals surface area contributed by atoms with Gasteiger partial charge in [0.05, 0.1) is 11.4 Å². The van der Waals surface area contributed by atoms with Crippen LogP contribution in [0.2, 0.25) is 0 Å². The predicted molar refractivity (Wildman–Crippen MR) is 225 cm³/mol. The summed E-state index contributed by atoms with van der Waals surface area (Å²) >= 11 is 0. The maximum absolute atomic E-state index is 5.24. The van der Waals surface area contributed by atoms with Gasteiger partial charge in [0.25, 0.3) is 0 Å². The van der Waals surface area contributed by atoms with Gasteiger partial charge < -0.3 is 0 Å². The monoisotopic (exact) mass is 687 g/mol. The van der Waals surface area contributed by atoms with Gasteiger partial charge >= 0.3 is 0 Å². The highest BCUT2D eigenvalue weighted by Gasteiger charge is 2.14. The van der Waals surface area contributed by atoms with E-state index in [9.17, 15) is 0 Å². The zero-order chi connectivity index (χ0) is 35.8. The Morgan fingerprint density at radius 1 is 0.296 bits per heavy atom. The zero-order valence-corrected chi connectivity index (χ0v) is 29.4. The van der Waals surface area contributed by atoms with Crippen molar-refractivity contribution in [2.45, 2.75) is 0 Å². The molecule has 0 N–H and O–H groups in total. The molecule has 0 bridgehead atoms. The summed E-state index contributed by atoms with van der Waals surface area (Å²) in [6.07, 6.45) is 3.69. The number of aromatic nitrogens is 3. The quantitative estimate of drug-likeness (QED) is 0.163. The van der Waals surface area contributed by atoms with Crippen molar-refractivity contribution >= 4 is 32.3 Å². The van der Waals surface area contributed by atoms with Gasteiger partial charge in [-0.25, -0.2) is 9.97 Å². The molecule has 0 unspecified atom stereocenters. The lowest BCUT2D eigenvalue weighted by molar-refractivity contribution is 1.18. The Bertz CT molecular complexity index is 2960. The van der Waals surface area contributed by atoms with Crippen molar-refractivity contribution in [1.29, 1.82) is 0 Å². The van der Waals surface area contributed by atoms with Crippen molar-refractivity contribution in [3.63, 3.8) is 0 Å². The number of fused-ring (bicyclic) bond motifs is 4. The second kappa shape index (κ2) is 13.4. The van der Waals surface area contributed by atoms with Crippen LogP contribution >= 0.6 is 0 Å². The summed E-state index contributed by atoms with van der Waals surface area (Å²) in [4.78, 5) is 14.7. The molecule has 2 aromatic heterocycles. The largest absolute Gasteiger partial charge is 0.264 e. The normalized spacial score (nSPS) is 11.3. The molecule has 0 amide bonds.